The van der Waals surface area contributed by atoms with Crippen LogP contribution in [0.3, 0.4) is 0 Å². The standard InChI is InChI=1S/C20H18N2O4S2/c1-21(2)13-4-6-14(7-5-13)22-19(23)17(28-20(22)27)10-12-8-15(24-3)18-16(9-12)25-11-26-18/h4-10H,11H2,1-3H3/b17-10-. The Morgan fingerprint density at radius 1 is 1.21 bits per heavy atom. The first-order chi connectivity index (χ1) is 13.5. The highest BCUT2D eigenvalue weighted by Crippen LogP contribution is 2.43. The summed E-state index contributed by atoms with van der Waals surface area (Å²) < 4.78 is 16.7. The summed E-state index contributed by atoms with van der Waals surface area (Å²) in [6, 6.07) is 11.3. The fraction of sp³-hybridized carbons (Fsp3) is 0.200. The molecule has 2 heterocycles. The molecule has 0 atom stereocenters. The van der Waals surface area contributed by atoms with Crippen molar-refractivity contribution in [3.63, 3.8) is 0 Å². The van der Waals surface area contributed by atoms with Gasteiger partial charge in [0.2, 0.25) is 12.5 Å². The first-order valence-corrected chi connectivity index (χ1v) is 9.73. The summed E-state index contributed by atoms with van der Waals surface area (Å²) in [5, 5.41) is 0. The molecule has 4 rings (SSSR count). The number of rotatable bonds is 4. The minimum absolute atomic E-state index is 0.149. The maximum Gasteiger partial charge on any atom is 0.270 e. The minimum atomic E-state index is -0.149. The molecule has 28 heavy (non-hydrogen) atoms. The molecule has 0 radical (unpaired) electrons. The van der Waals surface area contributed by atoms with Gasteiger partial charge in [-0.15, -0.1) is 0 Å². The molecule has 1 amide bonds. The van der Waals surface area contributed by atoms with E-state index in [0.717, 1.165) is 16.9 Å². The van der Waals surface area contributed by atoms with Crippen molar-refractivity contribution in [2.45, 2.75) is 0 Å². The van der Waals surface area contributed by atoms with Crippen molar-refractivity contribution in [3.8, 4) is 17.2 Å². The maximum absolute atomic E-state index is 13.0. The molecule has 2 aromatic rings. The SMILES string of the molecule is COc1cc(/C=C2\SC(=S)N(c3ccc(N(C)C)cc3)C2=O)cc2c1OCO2. The van der Waals surface area contributed by atoms with Crippen LogP contribution in [0, 0.1) is 0 Å². The molecule has 2 aliphatic heterocycles. The highest BCUT2D eigenvalue weighted by atomic mass is 32.2. The van der Waals surface area contributed by atoms with Crippen molar-refractivity contribution in [3.05, 3.63) is 46.9 Å². The van der Waals surface area contributed by atoms with Gasteiger partial charge < -0.3 is 19.1 Å². The number of anilines is 2. The number of benzene rings is 2. The van der Waals surface area contributed by atoms with Gasteiger partial charge >= 0.3 is 0 Å². The molecule has 1 fully saturated rings. The van der Waals surface area contributed by atoms with E-state index in [1.165, 1.54) is 11.8 Å². The lowest BCUT2D eigenvalue weighted by Gasteiger charge is -2.17. The lowest BCUT2D eigenvalue weighted by molar-refractivity contribution is -0.113. The maximum atomic E-state index is 13.0. The highest BCUT2D eigenvalue weighted by Gasteiger charge is 2.33. The molecular weight excluding hydrogens is 396 g/mol. The molecule has 0 spiro atoms. The van der Waals surface area contributed by atoms with E-state index in [1.807, 2.05) is 55.4 Å². The van der Waals surface area contributed by atoms with Gasteiger partial charge in [0.25, 0.3) is 5.91 Å². The zero-order chi connectivity index (χ0) is 19.8. The summed E-state index contributed by atoms with van der Waals surface area (Å²) in [5.74, 6) is 1.59. The molecular formula is C20H18N2O4S2. The monoisotopic (exact) mass is 414 g/mol. The molecule has 2 aliphatic rings. The Kier molecular flexibility index (Phi) is 4.91. The second-order valence-electron chi connectivity index (χ2n) is 6.38. The Hall–Kier alpha value is -2.71. The van der Waals surface area contributed by atoms with Gasteiger partial charge in [0, 0.05) is 19.8 Å². The number of carbonyl (C=O) groups is 1. The topological polar surface area (TPSA) is 51.2 Å². The Morgan fingerprint density at radius 2 is 1.96 bits per heavy atom. The van der Waals surface area contributed by atoms with Crippen LogP contribution in [0.4, 0.5) is 11.4 Å². The molecule has 144 valence electrons. The van der Waals surface area contributed by atoms with E-state index in [4.69, 9.17) is 26.4 Å². The lowest BCUT2D eigenvalue weighted by Crippen LogP contribution is -2.27. The van der Waals surface area contributed by atoms with Crippen LogP contribution in [-0.4, -0.2) is 38.2 Å². The number of amides is 1. The van der Waals surface area contributed by atoms with Gasteiger partial charge in [0.1, 0.15) is 0 Å². The van der Waals surface area contributed by atoms with Crippen LogP contribution in [0.25, 0.3) is 6.08 Å². The number of ether oxygens (including phenoxy) is 3. The lowest BCUT2D eigenvalue weighted by atomic mass is 10.1. The quantitative estimate of drug-likeness (QED) is 0.556. The van der Waals surface area contributed by atoms with Crippen molar-refractivity contribution < 1.29 is 19.0 Å². The molecule has 0 saturated carbocycles. The fourth-order valence-corrected chi connectivity index (χ4v) is 4.27. The first-order valence-electron chi connectivity index (χ1n) is 8.51. The first kappa shape index (κ1) is 18.6. The molecule has 6 nitrogen and oxygen atoms in total. The van der Waals surface area contributed by atoms with Gasteiger partial charge in [-0.25, -0.2) is 0 Å². The minimum Gasteiger partial charge on any atom is -0.493 e. The van der Waals surface area contributed by atoms with E-state index in [-0.39, 0.29) is 12.7 Å². The predicted molar refractivity (Wildman–Crippen MR) is 116 cm³/mol. The van der Waals surface area contributed by atoms with Crippen molar-refractivity contribution in [1.29, 1.82) is 0 Å². The number of fused-ring (bicyclic) bond motifs is 1. The molecule has 0 unspecified atom stereocenters. The van der Waals surface area contributed by atoms with Crippen LogP contribution in [0.2, 0.25) is 0 Å². The van der Waals surface area contributed by atoms with Crippen LogP contribution < -0.4 is 24.0 Å². The summed E-state index contributed by atoms with van der Waals surface area (Å²) >= 11 is 6.73. The summed E-state index contributed by atoms with van der Waals surface area (Å²) in [5.41, 5.74) is 2.58. The summed E-state index contributed by atoms with van der Waals surface area (Å²) in [7, 11) is 5.51. The van der Waals surface area contributed by atoms with Crippen LogP contribution in [0.15, 0.2) is 41.3 Å². The van der Waals surface area contributed by atoms with E-state index in [0.29, 0.717) is 26.5 Å². The smallest absolute Gasteiger partial charge is 0.270 e. The number of hydrogen-bond acceptors (Lipinski definition) is 7. The molecule has 0 bridgehead atoms. The zero-order valence-electron chi connectivity index (χ0n) is 15.6. The third kappa shape index (κ3) is 3.29. The number of nitrogens with zero attached hydrogens (tertiary/aromatic N) is 2. The Labute approximate surface area is 172 Å². The van der Waals surface area contributed by atoms with Crippen molar-refractivity contribution in [2.75, 3.05) is 37.8 Å². The molecule has 1 saturated heterocycles. The summed E-state index contributed by atoms with van der Waals surface area (Å²) in [6.45, 7) is 0.153. The summed E-state index contributed by atoms with van der Waals surface area (Å²) in [4.78, 5) is 17.1. The van der Waals surface area contributed by atoms with E-state index < -0.39 is 0 Å². The molecule has 0 aromatic heterocycles. The van der Waals surface area contributed by atoms with Crippen molar-refractivity contribution in [1.82, 2.24) is 0 Å². The Morgan fingerprint density at radius 3 is 2.64 bits per heavy atom. The molecule has 8 heteroatoms. The summed E-state index contributed by atoms with van der Waals surface area (Å²) in [6.07, 6.45) is 1.79. The molecule has 0 N–H and O–H groups in total. The number of thiocarbonyl (C=S) groups is 1. The van der Waals surface area contributed by atoms with E-state index >= 15 is 0 Å². The molecule has 0 aliphatic carbocycles. The largest absolute Gasteiger partial charge is 0.493 e. The highest BCUT2D eigenvalue weighted by molar-refractivity contribution is 8.27. The number of hydrogen-bond donors (Lipinski definition) is 0. The number of methoxy groups -OCH3 is 1. The second-order valence-corrected chi connectivity index (χ2v) is 8.06. The van der Waals surface area contributed by atoms with Gasteiger partial charge in [0.15, 0.2) is 15.8 Å². The van der Waals surface area contributed by atoms with Gasteiger partial charge in [0.05, 0.1) is 17.7 Å². The van der Waals surface area contributed by atoms with Crippen LogP contribution >= 0.6 is 24.0 Å². The molecule has 2 aromatic carbocycles. The van der Waals surface area contributed by atoms with Gasteiger partial charge in [-0.3, -0.25) is 9.69 Å². The predicted octanol–water partition coefficient (Wildman–Crippen LogP) is 3.90. The normalized spacial score (nSPS) is 16.8. The third-order valence-corrected chi connectivity index (χ3v) is 5.70. The van der Waals surface area contributed by atoms with E-state index in [9.17, 15) is 4.79 Å². The number of thioether (sulfide) groups is 1. The van der Waals surface area contributed by atoms with Crippen LogP contribution in [0.1, 0.15) is 5.56 Å². The average molecular weight is 415 g/mol. The Bertz CT molecular complexity index is 986. The van der Waals surface area contributed by atoms with Gasteiger partial charge in [-0.1, -0.05) is 24.0 Å². The van der Waals surface area contributed by atoms with Gasteiger partial charge in [-0.05, 0) is 48.0 Å². The van der Waals surface area contributed by atoms with Crippen LogP contribution in [-0.2, 0) is 4.79 Å². The van der Waals surface area contributed by atoms with Crippen LogP contribution in [0.5, 0.6) is 17.2 Å². The zero-order valence-corrected chi connectivity index (χ0v) is 17.2. The Balaban J connectivity index is 1.64. The van der Waals surface area contributed by atoms with Crippen molar-refractivity contribution in [2.24, 2.45) is 0 Å². The average Bonchev–Trinajstić information content (AvgIpc) is 3.25. The van der Waals surface area contributed by atoms with E-state index in [2.05, 4.69) is 0 Å². The third-order valence-electron chi connectivity index (χ3n) is 4.40. The van der Waals surface area contributed by atoms with E-state index in [1.54, 1.807) is 18.1 Å². The van der Waals surface area contributed by atoms with Gasteiger partial charge in [-0.2, -0.15) is 0 Å². The van der Waals surface area contributed by atoms with Crippen molar-refractivity contribution >= 4 is 51.7 Å². The second kappa shape index (κ2) is 7.37. The fourth-order valence-electron chi connectivity index (χ4n) is 2.97. The number of carbonyl (C=O) groups excluding carboxylic acids is 1.